The van der Waals surface area contributed by atoms with Gasteiger partial charge in [-0.3, -0.25) is 4.79 Å². The third kappa shape index (κ3) is 2.58. The molecule has 0 spiro atoms. The second-order valence-electron chi connectivity index (χ2n) is 5.14. The third-order valence-electron chi connectivity index (χ3n) is 3.48. The summed E-state index contributed by atoms with van der Waals surface area (Å²) in [6, 6.07) is 5.52. The van der Waals surface area contributed by atoms with Crippen molar-refractivity contribution in [3.63, 3.8) is 0 Å². The predicted molar refractivity (Wildman–Crippen MR) is 64.6 cm³/mol. The minimum Gasteiger partial charge on any atom is -0.351 e. The van der Waals surface area contributed by atoms with Gasteiger partial charge in [0.2, 0.25) is 5.91 Å². The number of hydrogen-bond acceptors (Lipinski definition) is 2. The van der Waals surface area contributed by atoms with E-state index in [4.69, 9.17) is 5.26 Å². The summed E-state index contributed by atoms with van der Waals surface area (Å²) < 4.78 is 25.7. The van der Waals surface area contributed by atoms with Crippen molar-refractivity contribution in [1.82, 2.24) is 5.32 Å². The molecule has 1 aromatic carbocycles. The first kappa shape index (κ1) is 13.5. The van der Waals surface area contributed by atoms with Crippen LogP contribution in [0, 0.1) is 34.3 Å². The van der Waals surface area contributed by atoms with Crippen molar-refractivity contribution < 1.29 is 13.6 Å². The van der Waals surface area contributed by atoms with Gasteiger partial charge in [0.1, 0.15) is 5.41 Å². The zero-order valence-electron chi connectivity index (χ0n) is 10.5. The lowest BCUT2D eigenvalue weighted by atomic mass is 9.63. The molecule has 1 fully saturated rings. The third-order valence-corrected chi connectivity index (χ3v) is 3.48. The van der Waals surface area contributed by atoms with E-state index in [1.807, 2.05) is 6.92 Å². The summed E-state index contributed by atoms with van der Waals surface area (Å²) in [7, 11) is 0. The fourth-order valence-corrected chi connectivity index (χ4v) is 2.46. The molecule has 0 aliphatic heterocycles. The highest BCUT2D eigenvalue weighted by Crippen LogP contribution is 2.45. The lowest BCUT2D eigenvalue weighted by molar-refractivity contribution is -0.134. The summed E-state index contributed by atoms with van der Waals surface area (Å²) in [6.07, 6.45) is 1.10. The number of nitrogens with zero attached hydrogens (tertiary/aromatic N) is 1. The number of amides is 1. The van der Waals surface area contributed by atoms with E-state index in [9.17, 15) is 13.6 Å². The summed E-state index contributed by atoms with van der Waals surface area (Å²) in [5, 5.41) is 11.7. The molecule has 1 saturated carbocycles. The van der Waals surface area contributed by atoms with Gasteiger partial charge in [0.25, 0.3) is 0 Å². The highest BCUT2D eigenvalue weighted by molar-refractivity contribution is 5.86. The van der Waals surface area contributed by atoms with E-state index in [1.54, 1.807) is 0 Å². The number of carbonyl (C=O) groups is 1. The lowest BCUT2D eigenvalue weighted by Crippen LogP contribution is -2.47. The molecule has 3 nitrogen and oxygen atoms in total. The van der Waals surface area contributed by atoms with E-state index in [0.717, 1.165) is 12.1 Å². The van der Waals surface area contributed by atoms with Gasteiger partial charge >= 0.3 is 0 Å². The second kappa shape index (κ2) is 4.96. The van der Waals surface area contributed by atoms with Crippen molar-refractivity contribution in [2.45, 2.75) is 26.3 Å². The van der Waals surface area contributed by atoms with Crippen molar-refractivity contribution in [2.24, 2.45) is 11.3 Å². The van der Waals surface area contributed by atoms with Crippen LogP contribution in [0.5, 0.6) is 0 Å². The number of hydrogen-bond donors (Lipinski definition) is 1. The van der Waals surface area contributed by atoms with E-state index in [1.165, 1.54) is 6.07 Å². The molecule has 0 atom stereocenters. The van der Waals surface area contributed by atoms with Crippen LogP contribution < -0.4 is 5.32 Å². The molecule has 0 unspecified atom stereocenters. The van der Waals surface area contributed by atoms with Gasteiger partial charge in [0.05, 0.1) is 6.07 Å². The average molecular weight is 264 g/mol. The molecule has 1 aliphatic carbocycles. The van der Waals surface area contributed by atoms with Gasteiger partial charge in [-0.15, -0.1) is 0 Å². The average Bonchev–Trinajstić information content (AvgIpc) is 2.35. The Balaban J connectivity index is 1.97. The monoisotopic (exact) mass is 264 g/mol. The topological polar surface area (TPSA) is 52.9 Å². The molecule has 0 heterocycles. The highest BCUT2D eigenvalue weighted by Gasteiger charge is 2.48. The quantitative estimate of drug-likeness (QED) is 0.912. The van der Waals surface area contributed by atoms with Crippen molar-refractivity contribution >= 4 is 5.91 Å². The van der Waals surface area contributed by atoms with Gasteiger partial charge in [0.15, 0.2) is 11.6 Å². The summed E-state index contributed by atoms with van der Waals surface area (Å²) in [6.45, 7) is 2.08. The normalized spacial score (nSPS) is 25.3. The second-order valence-corrected chi connectivity index (χ2v) is 5.14. The molecule has 1 aromatic rings. The summed E-state index contributed by atoms with van der Waals surface area (Å²) >= 11 is 0. The maximum Gasteiger partial charge on any atom is 0.240 e. The van der Waals surface area contributed by atoms with Crippen LogP contribution in [0.2, 0.25) is 0 Å². The smallest absolute Gasteiger partial charge is 0.240 e. The Morgan fingerprint density at radius 2 is 2.16 bits per heavy atom. The first-order chi connectivity index (χ1) is 8.97. The van der Waals surface area contributed by atoms with Gasteiger partial charge in [-0.2, -0.15) is 5.26 Å². The molecule has 0 saturated heterocycles. The van der Waals surface area contributed by atoms with E-state index >= 15 is 0 Å². The number of halogens is 2. The molecule has 19 heavy (non-hydrogen) atoms. The fraction of sp³-hybridized carbons (Fsp3) is 0.429. The Hall–Kier alpha value is -1.96. The van der Waals surface area contributed by atoms with Gasteiger partial charge in [-0.05, 0) is 36.5 Å². The Labute approximate surface area is 110 Å². The number of benzene rings is 1. The molecule has 2 rings (SSSR count). The van der Waals surface area contributed by atoms with Crippen LogP contribution in [0.4, 0.5) is 8.78 Å². The Morgan fingerprint density at radius 3 is 2.68 bits per heavy atom. The molecule has 1 aliphatic rings. The Morgan fingerprint density at radius 1 is 1.47 bits per heavy atom. The first-order valence-electron chi connectivity index (χ1n) is 6.10. The standard InChI is InChI=1S/C14H14F2N2O/c1-9-5-14(6-9,8-17)13(19)18-7-10-2-3-11(15)12(16)4-10/h2-4,9H,5-7H2,1H3,(H,18,19). The van der Waals surface area contributed by atoms with Crippen LogP contribution in [0.15, 0.2) is 18.2 Å². The van der Waals surface area contributed by atoms with E-state index in [-0.39, 0.29) is 12.5 Å². The van der Waals surface area contributed by atoms with Crippen molar-refractivity contribution in [3.05, 3.63) is 35.4 Å². The van der Waals surface area contributed by atoms with Gasteiger partial charge in [-0.1, -0.05) is 13.0 Å². The maximum absolute atomic E-state index is 13.0. The van der Waals surface area contributed by atoms with Crippen molar-refractivity contribution in [3.8, 4) is 6.07 Å². The van der Waals surface area contributed by atoms with Gasteiger partial charge in [-0.25, -0.2) is 8.78 Å². The largest absolute Gasteiger partial charge is 0.351 e. The first-order valence-corrected chi connectivity index (χ1v) is 6.10. The van der Waals surface area contributed by atoms with Crippen LogP contribution >= 0.6 is 0 Å². The Kier molecular flexibility index (Phi) is 3.52. The van der Waals surface area contributed by atoms with E-state index < -0.39 is 17.0 Å². The molecule has 0 radical (unpaired) electrons. The predicted octanol–water partition coefficient (Wildman–Crippen LogP) is 2.52. The van der Waals surface area contributed by atoms with Gasteiger partial charge < -0.3 is 5.32 Å². The van der Waals surface area contributed by atoms with E-state index in [0.29, 0.717) is 24.3 Å². The molecule has 100 valence electrons. The lowest BCUT2D eigenvalue weighted by Gasteiger charge is -2.39. The Bertz CT molecular complexity index is 545. The van der Waals surface area contributed by atoms with E-state index in [2.05, 4.69) is 11.4 Å². The minimum atomic E-state index is -0.946. The SMILES string of the molecule is CC1CC(C#N)(C(=O)NCc2ccc(F)c(F)c2)C1. The summed E-state index contributed by atoms with van der Waals surface area (Å²) in [5.74, 6) is -1.83. The summed E-state index contributed by atoms with van der Waals surface area (Å²) in [4.78, 5) is 11.9. The van der Waals surface area contributed by atoms with Crippen molar-refractivity contribution in [1.29, 1.82) is 5.26 Å². The van der Waals surface area contributed by atoms with Crippen molar-refractivity contribution in [2.75, 3.05) is 0 Å². The summed E-state index contributed by atoms with van der Waals surface area (Å²) in [5.41, 5.74) is -0.481. The van der Waals surface area contributed by atoms with Gasteiger partial charge in [0, 0.05) is 6.54 Å². The van der Waals surface area contributed by atoms with Crippen LogP contribution in [0.3, 0.4) is 0 Å². The maximum atomic E-state index is 13.0. The molecule has 0 bridgehead atoms. The van der Waals surface area contributed by atoms with Crippen LogP contribution in [0.1, 0.15) is 25.3 Å². The number of nitriles is 1. The number of carbonyl (C=O) groups excluding carboxylic acids is 1. The molecule has 1 amide bonds. The van der Waals surface area contributed by atoms with Crippen LogP contribution in [0.25, 0.3) is 0 Å². The van der Waals surface area contributed by atoms with Crippen LogP contribution in [-0.4, -0.2) is 5.91 Å². The minimum absolute atomic E-state index is 0.0911. The zero-order chi connectivity index (χ0) is 14.0. The zero-order valence-corrected chi connectivity index (χ0v) is 10.5. The molecular weight excluding hydrogens is 250 g/mol. The molecule has 5 heteroatoms. The highest BCUT2D eigenvalue weighted by atomic mass is 19.2. The fourth-order valence-electron chi connectivity index (χ4n) is 2.46. The molecule has 0 aromatic heterocycles. The van der Waals surface area contributed by atoms with Crippen LogP contribution in [-0.2, 0) is 11.3 Å². The number of nitrogens with one attached hydrogen (secondary N) is 1. The number of rotatable bonds is 3. The molecule has 1 N–H and O–H groups in total. The molecular formula is C14H14F2N2O.